The minimum Gasteiger partial charge on any atom is -0.395 e. The van der Waals surface area contributed by atoms with E-state index in [0.717, 1.165) is 19.4 Å². The van der Waals surface area contributed by atoms with E-state index in [1.54, 1.807) is 4.90 Å². The molecule has 18 heavy (non-hydrogen) atoms. The molecular formula is C10H17N5O3. The van der Waals surface area contributed by atoms with Crippen LogP contribution < -0.4 is 21.5 Å². The summed E-state index contributed by atoms with van der Waals surface area (Å²) in [6.45, 7) is 1.78. The van der Waals surface area contributed by atoms with E-state index in [1.807, 2.05) is 0 Å². The molecule has 0 amide bonds. The van der Waals surface area contributed by atoms with Crippen LogP contribution in [0.4, 0.5) is 5.82 Å². The summed E-state index contributed by atoms with van der Waals surface area (Å²) >= 11 is 0. The van der Waals surface area contributed by atoms with Crippen LogP contribution in [0.5, 0.6) is 0 Å². The minimum atomic E-state index is -0.633. The molecule has 8 heteroatoms. The van der Waals surface area contributed by atoms with Crippen LogP contribution in [0.25, 0.3) is 0 Å². The van der Waals surface area contributed by atoms with Gasteiger partial charge < -0.3 is 15.3 Å². The van der Waals surface area contributed by atoms with Crippen molar-refractivity contribution in [2.24, 2.45) is 0 Å². The molecule has 100 valence electrons. The van der Waals surface area contributed by atoms with Crippen molar-refractivity contribution in [1.82, 2.24) is 20.5 Å². The summed E-state index contributed by atoms with van der Waals surface area (Å²) in [7, 11) is 0. The van der Waals surface area contributed by atoms with Crippen LogP contribution in [0.15, 0.2) is 9.59 Å². The van der Waals surface area contributed by atoms with Gasteiger partial charge in [0, 0.05) is 19.1 Å². The molecular weight excluding hydrogens is 238 g/mol. The molecule has 8 nitrogen and oxygen atoms in total. The summed E-state index contributed by atoms with van der Waals surface area (Å²) in [5.74, 6) is 0.136. The monoisotopic (exact) mass is 255 g/mol. The molecule has 0 radical (unpaired) electrons. The predicted molar refractivity (Wildman–Crippen MR) is 65.8 cm³/mol. The molecule has 1 aliphatic heterocycles. The minimum absolute atomic E-state index is 0.0764. The lowest BCUT2D eigenvalue weighted by atomic mass is 10.2. The van der Waals surface area contributed by atoms with E-state index < -0.39 is 11.2 Å². The molecule has 0 spiro atoms. The highest BCUT2D eigenvalue weighted by molar-refractivity contribution is 5.34. The molecule has 1 aromatic rings. The van der Waals surface area contributed by atoms with Crippen molar-refractivity contribution in [3.8, 4) is 0 Å². The van der Waals surface area contributed by atoms with Crippen molar-refractivity contribution in [3.63, 3.8) is 0 Å². The Morgan fingerprint density at radius 1 is 1.44 bits per heavy atom. The first-order valence-electron chi connectivity index (χ1n) is 5.99. The van der Waals surface area contributed by atoms with Crippen LogP contribution in [0.1, 0.15) is 12.8 Å². The van der Waals surface area contributed by atoms with E-state index in [1.165, 1.54) is 0 Å². The number of H-pyrrole nitrogens is 2. The molecule has 0 aromatic carbocycles. The standard InChI is InChI=1S/C10H17N5O3/c16-5-4-15(6-7-2-1-3-11-7)8-9(17)12-10(18)14-13-8/h7,11,16H,1-6H2,(H2,12,14,17,18). The fourth-order valence-electron chi connectivity index (χ4n) is 2.14. The van der Waals surface area contributed by atoms with Gasteiger partial charge >= 0.3 is 5.69 Å². The number of aliphatic hydroxyl groups is 1. The van der Waals surface area contributed by atoms with Crippen molar-refractivity contribution in [2.75, 3.05) is 31.1 Å². The van der Waals surface area contributed by atoms with Crippen molar-refractivity contribution in [1.29, 1.82) is 0 Å². The quantitative estimate of drug-likeness (QED) is 0.484. The Balaban J connectivity index is 2.17. The molecule has 0 saturated carbocycles. The lowest BCUT2D eigenvalue weighted by molar-refractivity contribution is 0.299. The third kappa shape index (κ3) is 2.96. The molecule has 0 aliphatic carbocycles. The lowest BCUT2D eigenvalue weighted by Gasteiger charge is -2.24. The van der Waals surface area contributed by atoms with E-state index in [2.05, 4.69) is 20.5 Å². The maximum Gasteiger partial charge on any atom is 0.342 e. The Morgan fingerprint density at radius 3 is 2.89 bits per heavy atom. The molecule has 1 fully saturated rings. The lowest BCUT2D eigenvalue weighted by Crippen LogP contribution is -2.43. The molecule has 2 rings (SSSR count). The third-order valence-corrected chi connectivity index (χ3v) is 2.97. The summed E-state index contributed by atoms with van der Waals surface area (Å²) in [6.07, 6.45) is 2.14. The van der Waals surface area contributed by atoms with Gasteiger partial charge in [0.25, 0.3) is 5.56 Å². The Bertz CT molecular complexity index is 491. The van der Waals surface area contributed by atoms with Crippen LogP contribution in [-0.2, 0) is 0 Å². The predicted octanol–water partition coefficient (Wildman–Crippen LogP) is -1.99. The molecule has 1 aliphatic rings. The molecule has 1 atom stereocenters. The number of aromatic nitrogens is 3. The maximum atomic E-state index is 11.6. The first-order chi connectivity index (χ1) is 8.70. The molecule has 1 unspecified atom stereocenters. The SMILES string of the molecule is O=c1[nH]nc(N(CCO)CC2CCCN2)c(=O)[nH]1. The molecule has 1 aromatic heterocycles. The number of hydrogen-bond acceptors (Lipinski definition) is 6. The summed E-state index contributed by atoms with van der Waals surface area (Å²) in [5.41, 5.74) is -1.17. The van der Waals surface area contributed by atoms with Crippen LogP contribution in [0.2, 0.25) is 0 Å². The fourth-order valence-corrected chi connectivity index (χ4v) is 2.14. The van der Waals surface area contributed by atoms with E-state index >= 15 is 0 Å². The van der Waals surface area contributed by atoms with Crippen molar-refractivity contribution in [3.05, 3.63) is 20.8 Å². The maximum absolute atomic E-state index is 11.6. The summed E-state index contributed by atoms with van der Waals surface area (Å²) < 4.78 is 0. The number of aromatic amines is 2. The van der Waals surface area contributed by atoms with Gasteiger partial charge in [-0.15, -0.1) is 5.10 Å². The van der Waals surface area contributed by atoms with Crippen molar-refractivity contribution >= 4 is 5.82 Å². The van der Waals surface area contributed by atoms with Gasteiger partial charge in [0.15, 0.2) is 0 Å². The van der Waals surface area contributed by atoms with E-state index in [4.69, 9.17) is 5.11 Å². The van der Waals surface area contributed by atoms with Crippen molar-refractivity contribution in [2.45, 2.75) is 18.9 Å². The van der Waals surface area contributed by atoms with Gasteiger partial charge in [0.2, 0.25) is 5.82 Å². The highest BCUT2D eigenvalue weighted by Gasteiger charge is 2.20. The second-order valence-corrected chi connectivity index (χ2v) is 4.29. The van der Waals surface area contributed by atoms with Crippen molar-refractivity contribution < 1.29 is 5.11 Å². The topological polar surface area (TPSA) is 114 Å². The van der Waals surface area contributed by atoms with Gasteiger partial charge in [0.1, 0.15) is 0 Å². The second-order valence-electron chi connectivity index (χ2n) is 4.29. The van der Waals surface area contributed by atoms with Crippen LogP contribution in [-0.4, -0.2) is 52.6 Å². The number of nitrogens with one attached hydrogen (secondary N) is 3. The summed E-state index contributed by atoms with van der Waals surface area (Å²) in [5, 5.41) is 18.3. The van der Waals surface area contributed by atoms with Gasteiger partial charge in [-0.2, -0.15) is 0 Å². The highest BCUT2D eigenvalue weighted by Crippen LogP contribution is 2.09. The Morgan fingerprint density at radius 2 is 2.28 bits per heavy atom. The number of rotatable bonds is 5. The second kappa shape index (κ2) is 5.78. The average molecular weight is 255 g/mol. The third-order valence-electron chi connectivity index (χ3n) is 2.97. The molecule has 1 saturated heterocycles. The smallest absolute Gasteiger partial charge is 0.342 e. The van der Waals surface area contributed by atoms with Crippen LogP contribution >= 0.6 is 0 Å². The van der Waals surface area contributed by atoms with E-state index in [9.17, 15) is 9.59 Å². The van der Waals surface area contributed by atoms with Gasteiger partial charge in [-0.1, -0.05) is 0 Å². The zero-order chi connectivity index (χ0) is 13.0. The zero-order valence-corrected chi connectivity index (χ0v) is 9.98. The summed E-state index contributed by atoms with van der Waals surface area (Å²) in [4.78, 5) is 26.4. The first-order valence-corrected chi connectivity index (χ1v) is 5.99. The zero-order valence-electron chi connectivity index (χ0n) is 9.98. The van der Waals surface area contributed by atoms with E-state index in [0.29, 0.717) is 13.1 Å². The first kappa shape index (κ1) is 12.8. The van der Waals surface area contributed by atoms with Gasteiger partial charge in [-0.3, -0.25) is 9.78 Å². The Hall–Kier alpha value is -1.67. The van der Waals surface area contributed by atoms with Gasteiger partial charge in [0.05, 0.1) is 6.61 Å². The largest absolute Gasteiger partial charge is 0.395 e. The Kier molecular flexibility index (Phi) is 4.11. The van der Waals surface area contributed by atoms with E-state index in [-0.39, 0.29) is 18.5 Å². The molecule has 0 bridgehead atoms. The van der Waals surface area contributed by atoms with Crippen LogP contribution in [0.3, 0.4) is 0 Å². The fraction of sp³-hybridized carbons (Fsp3) is 0.700. The van der Waals surface area contributed by atoms with Crippen LogP contribution in [0, 0.1) is 0 Å². The summed E-state index contributed by atoms with van der Waals surface area (Å²) in [6, 6.07) is 0.282. The number of anilines is 1. The molecule has 4 N–H and O–H groups in total. The number of hydrogen-bond donors (Lipinski definition) is 4. The van der Waals surface area contributed by atoms with Gasteiger partial charge in [-0.05, 0) is 19.4 Å². The average Bonchev–Trinajstić information content (AvgIpc) is 2.81. The normalized spacial score (nSPS) is 19.1. The number of nitrogens with zero attached hydrogens (tertiary/aromatic N) is 2. The van der Waals surface area contributed by atoms with Gasteiger partial charge in [-0.25, -0.2) is 9.89 Å². The number of aliphatic hydroxyl groups excluding tert-OH is 1. The molecule has 2 heterocycles. The Labute approximate surface area is 103 Å². The highest BCUT2D eigenvalue weighted by atomic mass is 16.3.